The molecular formula is C14H16F3N3OS. The molecule has 0 bridgehead atoms. The lowest BCUT2D eigenvalue weighted by atomic mass is 9.99. The molecule has 0 N–H and O–H groups in total. The third-order valence-electron chi connectivity index (χ3n) is 3.57. The number of rotatable bonds is 4. The molecule has 3 rings (SSSR count). The highest BCUT2D eigenvalue weighted by Gasteiger charge is 2.32. The van der Waals surface area contributed by atoms with Crippen molar-refractivity contribution in [3.05, 3.63) is 34.0 Å². The monoisotopic (exact) mass is 331 g/mol. The van der Waals surface area contributed by atoms with E-state index in [9.17, 15) is 13.2 Å². The van der Waals surface area contributed by atoms with E-state index in [1.165, 1.54) is 0 Å². The summed E-state index contributed by atoms with van der Waals surface area (Å²) >= 11 is 1.55. The van der Waals surface area contributed by atoms with Crippen LogP contribution in [-0.2, 0) is 17.7 Å². The third-order valence-corrected chi connectivity index (χ3v) is 4.45. The quantitative estimate of drug-likeness (QED) is 0.862. The number of ether oxygens (including phenoxy) is 1. The Morgan fingerprint density at radius 2 is 2.09 bits per heavy atom. The van der Waals surface area contributed by atoms with Crippen LogP contribution >= 0.6 is 11.3 Å². The second kappa shape index (κ2) is 6.37. The van der Waals surface area contributed by atoms with Gasteiger partial charge in [-0.3, -0.25) is 0 Å². The first-order valence-electron chi connectivity index (χ1n) is 7.12. The topological polar surface area (TPSA) is 39.9 Å². The normalized spacial score (nSPS) is 17.0. The van der Waals surface area contributed by atoms with Crippen LogP contribution in [0.3, 0.4) is 0 Å². The van der Waals surface area contributed by atoms with E-state index >= 15 is 0 Å². The highest BCUT2D eigenvalue weighted by molar-refractivity contribution is 7.09. The molecule has 3 heterocycles. The molecule has 120 valence electrons. The van der Waals surface area contributed by atoms with Crippen molar-refractivity contribution < 1.29 is 17.9 Å². The maximum absolute atomic E-state index is 12.8. The van der Waals surface area contributed by atoms with Gasteiger partial charge in [0.2, 0.25) is 0 Å². The fourth-order valence-electron chi connectivity index (χ4n) is 2.59. The lowest BCUT2D eigenvalue weighted by molar-refractivity contribution is -0.143. The summed E-state index contributed by atoms with van der Waals surface area (Å²) in [6.45, 7) is 0.0325. The molecule has 0 amide bonds. The van der Waals surface area contributed by atoms with Crippen LogP contribution in [0, 0.1) is 0 Å². The Balaban J connectivity index is 1.85. The van der Waals surface area contributed by atoms with Gasteiger partial charge in [-0.1, -0.05) is 6.07 Å². The molecule has 0 saturated carbocycles. The summed E-state index contributed by atoms with van der Waals surface area (Å²) in [7, 11) is 0. The molecule has 2 aromatic heterocycles. The van der Waals surface area contributed by atoms with Crippen LogP contribution in [0.5, 0.6) is 0 Å². The zero-order valence-corrected chi connectivity index (χ0v) is 12.7. The van der Waals surface area contributed by atoms with Crippen molar-refractivity contribution >= 4 is 11.3 Å². The van der Waals surface area contributed by atoms with E-state index in [-0.39, 0.29) is 5.92 Å². The Bertz CT molecular complexity index is 603. The Labute approximate surface area is 129 Å². The van der Waals surface area contributed by atoms with Gasteiger partial charge in [0.15, 0.2) is 5.82 Å². The molecule has 0 aromatic carbocycles. The van der Waals surface area contributed by atoms with Gasteiger partial charge in [-0.2, -0.15) is 18.3 Å². The molecule has 1 aliphatic heterocycles. The Morgan fingerprint density at radius 3 is 2.73 bits per heavy atom. The molecule has 1 aliphatic rings. The van der Waals surface area contributed by atoms with Crippen LogP contribution < -0.4 is 0 Å². The summed E-state index contributed by atoms with van der Waals surface area (Å²) in [6, 6.07) is 3.84. The predicted octanol–water partition coefficient (Wildman–Crippen LogP) is 3.39. The number of halogens is 3. The smallest absolute Gasteiger partial charge is 0.381 e. The largest absolute Gasteiger partial charge is 0.408 e. The SMILES string of the molecule is FC(F)(F)Cn1nc(Cc2cccs2)nc1C1CCOCC1. The number of hydrogen-bond donors (Lipinski definition) is 0. The second-order valence-electron chi connectivity index (χ2n) is 5.30. The minimum absolute atomic E-state index is 0.0133. The van der Waals surface area contributed by atoms with Gasteiger partial charge in [0.25, 0.3) is 0 Å². The summed E-state index contributed by atoms with van der Waals surface area (Å²) in [6.07, 6.45) is -2.45. The van der Waals surface area contributed by atoms with E-state index in [0.717, 1.165) is 9.56 Å². The standard InChI is InChI=1S/C14H16F3N3OS/c15-14(16,17)9-20-13(10-3-5-21-6-4-10)18-12(19-20)8-11-2-1-7-22-11/h1-2,7,10H,3-6,8-9H2. The molecule has 1 fully saturated rings. The molecule has 8 heteroatoms. The molecule has 0 unspecified atom stereocenters. The molecule has 0 spiro atoms. The van der Waals surface area contributed by atoms with E-state index in [1.807, 2.05) is 17.5 Å². The van der Waals surface area contributed by atoms with E-state index in [0.29, 0.717) is 44.1 Å². The van der Waals surface area contributed by atoms with Gasteiger partial charge in [0, 0.05) is 30.4 Å². The van der Waals surface area contributed by atoms with Gasteiger partial charge in [-0.05, 0) is 24.3 Å². The molecular weight excluding hydrogens is 315 g/mol. The van der Waals surface area contributed by atoms with Crippen LogP contribution in [0.1, 0.15) is 35.3 Å². The minimum Gasteiger partial charge on any atom is -0.381 e. The van der Waals surface area contributed by atoms with Crippen LogP contribution in [0.15, 0.2) is 17.5 Å². The number of hydrogen-bond acceptors (Lipinski definition) is 4. The van der Waals surface area contributed by atoms with Gasteiger partial charge < -0.3 is 4.74 Å². The van der Waals surface area contributed by atoms with Crippen LogP contribution in [0.25, 0.3) is 0 Å². The fourth-order valence-corrected chi connectivity index (χ4v) is 3.29. The van der Waals surface area contributed by atoms with Gasteiger partial charge in [0.1, 0.15) is 12.4 Å². The maximum Gasteiger partial charge on any atom is 0.408 e. The second-order valence-corrected chi connectivity index (χ2v) is 6.33. The average Bonchev–Trinajstić information content (AvgIpc) is 3.09. The van der Waals surface area contributed by atoms with Gasteiger partial charge in [-0.25, -0.2) is 9.67 Å². The predicted molar refractivity (Wildman–Crippen MR) is 76.0 cm³/mol. The summed E-state index contributed by atoms with van der Waals surface area (Å²) in [5, 5.41) is 6.03. The van der Waals surface area contributed by atoms with Gasteiger partial charge >= 0.3 is 6.18 Å². The Hall–Kier alpha value is -1.41. The summed E-state index contributed by atoms with van der Waals surface area (Å²) in [4.78, 5) is 5.44. The van der Waals surface area contributed by atoms with E-state index < -0.39 is 12.7 Å². The van der Waals surface area contributed by atoms with Gasteiger partial charge in [0.05, 0.1) is 0 Å². The number of alkyl halides is 3. The van der Waals surface area contributed by atoms with Crippen LogP contribution in [0.2, 0.25) is 0 Å². The van der Waals surface area contributed by atoms with Crippen molar-refractivity contribution in [1.29, 1.82) is 0 Å². The lowest BCUT2D eigenvalue weighted by Crippen LogP contribution is -2.24. The van der Waals surface area contributed by atoms with Gasteiger partial charge in [-0.15, -0.1) is 11.3 Å². The first-order chi connectivity index (χ1) is 10.5. The zero-order valence-electron chi connectivity index (χ0n) is 11.8. The molecule has 0 radical (unpaired) electrons. The zero-order chi connectivity index (χ0) is 15.6. The number of thiophene rings is 1. The van der Waals surface area contributed by atoms with Crippen LogP contribution in [-0.4, -0.2) is 34.2 Å². The van der Waals surface area contributed by atoms with Crippen molar-refractivity contribution in [2.75, 3.05) is 13.2 Å². The maximum atomic E-state index is 12.8. The van der Waals surface area contributed by atoms with Crippen molar-refractivity contribution in [3.63, 3.8) is 0 Å². The minimum atomic E-state index is -4.30. The summed E-state index contributed by atoms with van der Waals surface area (Å²) < 4.78 is 44.6. The lowest BCUT2D eigenvalue weighted by Gasteiger charge is -2.21. The summed E-state index contributed by atoms with van der Waals surface area (Å²) in [5.74, 6) is 0.876. The average molecular weight is 331 g/mol. The molecule has 2 aromatic rings. The third kappa shape index (κ3) is 3.86. The van der Waals surface area contributed by atoms with E-state index in [4.69, 9.17) is 4.74 Å². The summed E-state index contributed by atoms with van der Waals surface area (Å²) in [5.41, 5.74) is 0. The molecule has 0 atom stereocenters. The molecule has 0 aliphatic carbocycles. The molecule has 1 saturated heterocycles. The fraction of sp³-hybridized carbons (Fsp3) is 0.571. The Kier molecular flexibility index (Phi) is 4.49. The van der Waals surface area contributed by atoms with E-state index in [1.54, 1.807) is 11.3 Å². The molecule has 22 heavy (non-hydrogen) atoms. The van der Waals surface area contributed by atoms with Crippen molar-refractivity contribution in [1.82, 2.24) is 14.8 Å². The number of aromatic nitrogens is 3. The molecule has 4 nitrogen and oxygen atoms in total. The number of nitrogens with zero attached hydrogens (tertiary/aromatic N) is 3. The first-order valence-corrected chi connectivity index (χ1v) is 8.00. The highest BCUT2D eigenvalue weighted by Crippen LogP contribution is 2.28. The Morgan fingerprint density at radius 1 is 1.32 bits per heavy atom. The first kappa shape index (κ1) is 15.5. The van der Waals surface area contributed by atoms with Crippen molar-refractivity contribution in [3.8, 4) is 0 Å². The van der Waals surface area contributed by atoms with Crippen LogP contribution in [0.4, 0.5) is 13.2 Å². The van der Waals surface area contributed by atoms with Crippen molar-refractivity contribution in [2.45, 2.75) is 37.9 Å². The van der Waals surface area contributed by atoms with E-state index in [2.05, 4.69) is 10.1 Å². The highest BCUT2D eigenvalue weighted by atomic mass is 32.1. The van der Waals surface area contributed by atoms with Crippen molar-refractivity contribution in [2.24, 2.45) is 0 Å².